The van der Waals surface area contributed by atoms with Crippen LogP contribution in [0.3, 0.4) is 0 Å². The number of nitrogens with zero attached hydrogens (tertiary/aromatic N) is 3. The highest BCUT2D eigenvalue weighted by atomic mass is 19.4. The van der Waals surface area contributed by atoms with Crippen LogP contribution >= 0.6 is 0 Å². The Kier molecular flexibility index (Phi) is 7.70. The molecular weight excluding hydrogens is 515 g/mol. The SMILES string of the molecule is CCC1(n2nc(Nc3ccc([C@@H](OC)C(F)(F)F)cc3)c3c(=O)[nH]ccc32)CCN(C(=O)OC(C)(C)C)CC1. The number of pyridine rings is 1. The number of fused-ring (bicyclic) bond motifs is 1. The number of alkyl halides is 3. The zero-order valence-corrected chi connectivity index (χ0v) is 22.7. The predicted octanol–water partition coefficient (Wildman–Crippen LogP) is 5.85. The van der Waals surface area contributed by atoms with Crippen LogP contribution < -0.4 is 10.9 Å². The number of aromatic amines is 1. The van der Waals surface area contributed by atoms with Crippen LogP contribution in [-0.4, -0.2) is 57.7 Å². The number of carbonyl (C=O) groups is 1. The predicted molar refractivity (Wildman–Crippen MR) is 141 cm³/mol. The lowest BCUT2D eigenvalue weighted by Gasteiger charge is -2.42. The van der Waals surface area contributed by atoms with E-state index in [4.69, 9.17) is 9.84 Å². The number of carbonyl (C=O) groups excluding carboxylic acids is 1. The molecule has 1 fully saturated rings. The number of hydrogen-bond donors (Lipinski definition) is 2. The van der Waals surface area contributed by atoms with Crippen molar-refractivity contribution in [2.24, 2.45) is 0 Å². The molecule has 0 unspecified atom stereocenters. The largest absolute Gasteiger partial charge is 0.444 e. The number of rotatable bonds is 6. The van der Waals surface area contributed by atoms with Gasteiger partial charge in [-0.3, -0.25) is 9.48 Å². The van der Waals surface area contributed by atoms with Crippen molar-refractivity contribution in [3.05, 3.63) is 52.4 Å². The number of hydrogen-bond acceptors (Lipinski definition) is 6. The molecule has 212 valence electrons. The third-order valence-corrected chi connectivity index (χ3v) is 7.07. The van der Waals surface area contributed by atoms with Gasteiger partial charge in [0.1, 0.15) is 11.0 Å². The van der Waals surface area contributed by atoms with Crippen molar-refractivity contribution in [2.45, 2.75) is 70.4 Å². The van der Waals surface area contributed by atoms with Crippen LogP contribution in [0.4, 0.5) is 29.5 Å². The number of H-pyrrole nitrogens is 1. The summed E-state index contributed by atoms with van der Waals surface area (Å²) < 4.78 is 51.7. The average molecular weight is 550 g/mol. The lowest BCUT2D eigenvalue weighted by Crippen LogP contribution is -2.49. The number of halogens is 3. The molecule has 12 heteroatoms. The van der Waals surface area contributed by atoms with E-state index in [0.29, 0.717) is 54.8 Å². The lowest BCUT2D eigenvalue weighted by atomic mass is 9.85. The van der Waals surface area contributed by atoms with E-state index in [2.05, 4.69) is 15.0 Å². The maximum atomic E-state index is 13.2. The minimum atomic E-state index is -4.54. The Labute approximate surface area is 224 Å². The molecule has 1 saturated heterocycles. The zero-order valence-electron chi connectivity index (χ0n) is 22.7. The molecule has 4 rings (SSSR count). The highest BCUT2D eigenvalue weighted by Crippen LogP contribution is 2.39. The molecule has 9 nitrogen and oxygen atoms in total. The molecule has 2 N–H and O–H groups in total. The summed E-state index contributed by atoms with van der Waals surface area (Å²) >= 11 is 0. The Morgan fingerprint density at radius 3 is 2.33 bits per heavy atom. The van der Waals surface area contributed by atoms with Crippen LogP contribution in [-0.2, 0) is 15.0 Å². The summed E-state index contributed by atoms with van der Waals surface area (Å²) in [6.07, 6.45) is -3.45. The third-order valence-electron chi connectivity index (χ3n) is 7.07. The van der Waals surface area contributed by atoms with Crippen molar-refractivity contribution >= 4 is 28.5 Å². The highest BCUT2D eigenvalue weighted by Gasteiger charge is 2.41. The molecule has 1 amide bonds. The fraction of sp³-hybridized carbons (Fsp3) is 0.519. The smallest absolute Gasteiger partial charge is 0.418 e. The van der Waals surface area contributed by atoms with Gasteiger partial charge in [0, 0.05) is 32.1 Å². The summed E-state index contributed by atoms with van der Waals surface area (Å²) in [7, 11) is 1.01. The molecule has 2 aromatic heterocycles. The Balaban J connectivity index is 1.64. The molecule has 1 aliphatic rings. The molecule has 3 heterocycles. The summed E-state index contributed by atoms with van der Waals surface area (Å²) in [5.41, 5.74) is -0.326. The number of ether oxygens (including phenoxy) is 2. The fourth-order valence-electron chi connectivity index (χ4n) is 5.01. The van der Waals surface area contributed by atoms with E-state index >= 15 is 0 Å². The summed E-state index contributed by atoms with van der Waals surface area (Å²) in [5, 5.41) is 8.25. The molecule has 39 heavy (non-hydrogen) atoms. The molecule has 0 saturated carbocycles. The van der Waals surface area contributed by atoms with Crippen molar-refractivity contribution in [1.82, 2.24) is 19.7 Å². The van der Waals surface area contributed by atoms with Gasteiger partial charge in [0.15, 0.2) is 11.9 Å². The number of piperidine rings is 1. The van der Waals surface area contributed by atoms with E-state index in [9.17, 15) is 22.8 Å². The second-order valence-corrected chi connectivity index (χ2v) is 10.8. The van der Waals surface area contributed by atoms with E-state index in [0.717, 1.165) is 7.11 Å². The summed E-state index contributed by atoms with van der Waals surface area (Å²) in [4.78, 5) is 29.9. The van der Waals surface area contributed by atoms with Crippen molar-refractivity contribution in [2.75, 3.05) is 25.5 Å². The van der Waals surface area contributed by atoms with Gasteiger partial charge in [-0.25, -0.2) is 4.79 Å². The maximum Gasteiger partial charge on any atom is 0.418 e. The van der Waals surface area contributed by atoms with Crippen LogP contribution in [0.2, 0.25) is 0 Å². The standard InChI is InChI=1S/C27H34F3N5O4/c1-6-26(12-15-34(16-13-26)24(37)39-25(2,3)4)35-19-11-14-31-23(36)20(19)22(33-35)32-18-9-7-17(8-10-18)21(38-5)27(28,29)30/h7-11,14,21H,6,12-13,15-16H2,1-5H3,(H,31,36)(H,32,33)/t21-/m1/s1. The number of anilines is 2. The van der Waals surface area contributed by atoms with E-state index in [1.165, 1.54) is 24.3 Å². The molecule has 0 radical (unpaired) electrons. The molecule has 0 bridgehead atoms. The van der Waals surface area contributed by atoms with E-state index in [-0.39, 0.29) is 17.2 Å². The number of aromatic nitrogens is 3. The van der Waals surface area contributed by atoms with Gasteiger partial charge in [-0.15, -0.1) is 0 Å². The average Bonchev–Trinajstić information content (AvgIpc) is 3.24. The lowest BCUT2D eigenvalue weighted by molar-refractivity contribution is -0.215. The molecule has 0 aliphatic carbocycles. The maximum absolute atomic E-state index is 13.2. The van der Waals surface area contributed by atoms with Gasteiger partial charge in [-0.05, 0) is 63.8 Å². The summed E-state index contributed by atoms with van der Waals surface area (Å²) in [5.74, 6) is 0.293. The Morgan fingerprint density at radius 2 is 1.79 bits per heavy atom. The van der Waals surface area contributed by atoms with E-state index in [1.54, 1.807) is 17.2 Å². The second-order valence-electron chi connectivity index (χ2n) is 10.8. The van der Waals surface area contributed by atoms with Crippen molar-refractivity contribution < 1.29 is 27.4 Å². The molecule has 1 aromatic carbocycles. The molecule has 0 spiro atoms. The number of likely N-dealkylation sites (tertiary alicyclic amines) is 1. The number of nitrogens with one attached hydrogen (secondary N) is 2. The molecular formula is C27H34F3N5O4. The van der Waals surface area contributed by atoms with Crippen molar-refractivity contribution in [3.8, 4) is 0 Å². The van der Waals surface area contributed by atoms with Gasteiger partial charge in [-0.1, -0.05) is 19.1 Å². The molecule has 1 atom stereocenters. The first-order valence-corrected chi connectivity index (χ1v) is 12.8. The van der Waals surface area contributed by atoms with Gasteiger partial charge in [0.25, 0.3) is 5.56 Å². The topological polar surface area (TPSA) is 101 Å². The van der Waals surface area contributed by atoms with Gasteiger partial charge in [0.05, 0.1) is 11.1 Å². The Morgan fingerprint density at radius 1 is 1.15 bits per heavy atom. The van der Waals surface area contributed by atoms with Gasteiger partial charge < -0.3 is 24.7 Å². The number of amides is 1. The van der Waals surface area contributed by atoms with Crippen LogP contribution in [0.25, 0.3) is 10.9 Å². The normalized spacial score (nSPS) is 16.8. The zero-order chi connectivity index (χ0) is 28.6. The molecule has 1 aliphatic heterocycles. The third kappa shape index (κ3) is 5.90. The monoisotopic (exact) mass is 549 g/mol. The Hall–Kier alpha value is -3.54. The van der Waals surface area contributed by atoms with Gasteiger partial charge in [0.2, 0.25) is 0 Å². The van der Waals surface area contributed by atoms with Crippen LogP contribution in [0, 0.1) is 0 Å². The first-order valence-electron chi connectivity index (χ1n) is 12.8. The number of benzene rings is 1. The highest BCUT2D eigenvalue weighted by molar-refractivity contribution is 5.91. The quantitative estimate of drug-likeness (QED) is 0.400. The van der Waals surface area contributed by atoms with Crippen LogP contribution in [0.1, 0.15) is 58.6 Å². The minimum Gasteiger partial charge on any atom is -0.444 e. The minimum absolute atomic E-state index is 0.0366. The second kappa shape index (κ2) is 10.6. The van der Waals surface area contributed by atoms with Gasteiger partial charge >= 0.3 is 12.3 Å². The summed E-state index contributed by atoms with van der Waals surface area (Å²) in [6.45, 7) is 8.46. The van der Waals surface area contributed by atoms with Gasteiger partial charge in [-0.2, -0.15) is 18.3 Å². The van der Waals surface area contributed by atoms with Crippen LogP contribution in [0.15, 0.2) is 41.3 Å². The summed E-state index contributed by atoms with van der Waals surface area (Å²) in [6, 6.07) is 7.41. The fourth-order valence-corrected chi connectivity index (χ4v) is 5.01. The van der Waals surface area contributed by atoms with Crippen LogP contribution in [0.5, 0.6) is 0 Å². The first kappa shape index (κ1) is 28.5. The van der Waals surface area contributed by atoms with E-state index in [1.807, 2.05) is 32.4 Å². The molecule has 3 aromatic rings. The van der Waals surface area contributed by atoms with E-state index < -0.39 is 23.4 Å². The van der Waals surface area contributed by atoms with Crippen molar-refractivity contribution in [3.63, 3.8) is 0 Å². The first-order chi connectivity index (χ1) is 18.3. The Bertz CT molecular complexity index is 1370. The van der Waals surface area contributed by atoms with Crippen molar-refractivity contribution in [1.29, 1.82) is 0 Å². The number of methoxy groups -OCH3 is 1.